The Bertz CT molecular complexity index is 2520. The van der Waals surface area contributed by atoms with Crippen LogP contribution < -0.4 is 15.2 Å². The van der Waals surface area contributed by atoms with E-state index in [0.29, 0.717) is 55.1 Å². The van der Waals surface area contributed by atoms with Gasteiger partial charge in [0.2, 0.25) is 10.0 Å². The molecule has 0 spiro atoms. The van der Waals surface area contributed by atoms with E-state index in [0.717, 1.165) is 45.4 Å². The van der Waals surface area contributed by atoms with E-state index in [1.807, 2.05) is 16.7 Å². The smallest absolute Gasteiger partial charge is 0.267 e. The average Bonchev–Trinajstić information content (AvgIpc) is 3.53. The van der Waals surface area contributed by atoms with Gasteiger partial charge in [0.25, 0.3) is 11.5 Å². The van der Waals surface area contributed by atoms with Gasteiger partial charge in [0.15, 0.2) is 0 Å². The molecule has 52 heavy (non-hydrogen) atoms. The van der Waals surface area contributed by atoms with Crippen molar-refractivity contribution in [1.82, 2.24) is 29.1 Å². The topological polar surface area (TPSA) is 163 Å². The zero-order valence-electron chi connectivity index (χ0n) is 28.5. The summed E-state index contributed by atoms with van der Waals surface area (Å²) < 4.78 is 32.8. The Labute approximate surface area is 308 Å². The number of ether oxygens (including phenoxy) is 1. The molecule has 2 fully saturated rings. The fraction of sp³-hybridized carbons (Fsp3) is 0.333. The van der Waals surface area contributed by atoms with Gasteiger partial charge in [-0.15, -0.1) is 11.3 Å². The summed E-state index contributed by atoms with van der Waals surface area (Å²) in [4.78, 5) is 44.8. The van der Waals surface area contributed by atoms with E-state index in [-0.39, 0.29) is 34.7 Å². The number of rotatable bonds is 7. The van der Waals surface area contributed by atoms with E-state index in [2.05, 4.69) is 37.8 Å². The summed E-state index contributed by atoms with van der Waals surface area (Å²) in [5, 5.41) is 12.6. The van der Waals surface area contributed by atoms with Crippen molar-refractivity contribution >= 4 is 65.8 Å². The molecule has 0 unspecified atom stereocenters. The number of pyridine rings is 2. The Morgan fingerprint density at radius 2 is 1.96 bits per heavy atom. The number of carbonyl (C=O) groups excluding carboxylic acids is 1. The fourth-order valence-corrected chi connectivity index (χ4v) is 8.36. The van der Waals surface area contributed by atoms with Gasteiger partial charge in [0.05, 0.1) is 64.9 Å². The molecule has 0 saturated carbocycles. The zero-order valence-corrected chi connectivity index (χ0v) is 30.9. The lowest BCUT2D eigenvalue weighted by Crippen LogP contribution is -2.54. The quantitative estimate of drug-likeness (QED) is 0.239. The number of hydrogen-bond donors (Lipinski definition) is 1. The SMILES string of the molecule is Cc1nc2cnc(N(C)C3CCN(C4COC4)CC3)c(C#N)c2c(=O)n1CC#Cc1ccc(Cl)cc1-c1ccnc2c(C(=O)NS(C)(=O)=O)csc12. The van der Waals surface area contributed by atoms with Gasteiger partial charge in [-0.3, -0.25) is 24.0 Å². The normalized spacial score (nSPS) is 15.5. The first-order valence-electron chi connectivity index (χ1n) is 16.5. The Morgan fingerprint density at radius 1 is 1.19 bits per heavy atom. The van der Waals surface area contributed by atoms with E-state index >= 15 is 0 Å². The third kappa shape index (κ3) is 6.86. The highest BCUT2D eigenvalue weighted by molar-refractivity contribution is 7.89. The molecular formula is C36H33ClN8O5S2. The second-order valence-corrected chi connectivity index (χ2v) is 15.9. The number of carbonyl (C=O) groups is 1. The van der Waals surface area contributed by atoms with Crippen molar-refractivity contribution in [2.45, 2.75) is 38.4 Å². The molecule has 2 saturated heterocycles. The number of hydrogen-bond acceptors (Lipinski definition) is 12. The zero-order chi connectivity index (χ0) is 36.7. The standard InChI is InChI=1S/C36H33ClN8O5S2/c1-21-41-30-17-40-34(43(2)24-9-13-44(14-10-24)25-18-50-19-25)28(16-38)31(30)36(47)45(21)12-4-5-22-6-7-23(37)15-27(22)26-8-11-39-32-29(20-51-33(26)32)35(46)42-52(3,48)49/h6-8,11,15,17,20,24-25H,9-10,12-14,18-19H2,1-3H3,(H,42,46). The number of likely N-dealkylation sites (tertiary alicyclic amines) is 1. The maximum absolute atomic E-state index is 14.0. The molecule has 0 radical (unpaired) electrons. The van der Waals surface area contributed by atoms with E-state index in [9.17, 15) is 23.3 Å². The number of nitrogens with one attached hydrogen (secondary N) is 1. The van der Waals surface area contributed by atoms with Gasteiger partial charge < -0.3 is 9.64 Å². The number of aromatic nitrogens is 4. The molecule has 7 rings (SSSR count). The maximum Gasteiger partial charge on any atom is 0.267 e. The molecule has 5 aromatic rings. The molecule has 16 heteroatoms. The van der Waals surface area contributed by atoms with Crippen LogP contribution in [-0.2, 0) is 21.3 Å². The number of fused-ring (bicyclic) bond motifs is 2. The van der Waals surface area contributed by atoms with Crippen molar-refractivity contribution in [1.29, 1.82) is 5.26 Å². The van der Waals surface area contributed by atoms with E-state index in [4.69, 9.17) is 16.3 Å². The van der Waals surface area contributed by atoms with Crippen LogP contribution in [0.25, 0.3) is 32.2 Å². The van der Waals surface area contributed by atoms with Crippen LogP contribution in [-0.4, -0.2) is 90.4 Å². The molecule has 2 aliphatic heterocycles. The molecule has 0 aliphatic carbocycles. The Hall–Kier alpha value is -4.90. The summed E-state index contributed by atoms with van der Waals surface area (Å²) in [6.45, 7) is 5.13. The molecule has 0 atom stereocenters. The molecule has 1 aromatic carbocycles. The number of thiophene rings is 1. The molecule has 4 aromatic heterocycles. The largest absolute Gasteiger partial charge is 0.378 e. The first-order chi connectivity index (χ1) is 24.9. The second kappa shape index (κ2) is 14.3. The second-order valence-electron chi connectivity index (χ2n) is 12.8. The summed E-state index contributed by atoms with van der Waals surface area (Å²) in [7, 11) is -1.85. The Morgan fingerprint density at radius 3 is 2.65 bits per heavy atom. The van der Waals surface area contributed by atoms with Gasteiger partial charge in [-0.2, -0.15) is 5.26 Å². The molecule has 266 valence electrons. The van der Waals surface area contributed by atoms with Crippen molar-refractivity contribution in [2.75, 3.05) is 44.5 Å². The van der Waals surface area contributed by atoms with E-state index in [1.54, 1.807) is 42.8 Å². The van der Waals surface area contributed by atoms with E-state index in [1.165, 1.54) is 22.1 Å². The highest BCUT2D eigenvalue weighted by Crippen LogP contribution is 2.36. The van der Waals surface area contributed by atoms with Crippen LogP contribution in [0.2, 0.25) is 5.02 Å². The predicted octanol–water partition coefficient (Wildman–Crippen LogP) is 3.94. The molecule has 0 bridgehead atoms. The minimum Gasteiger partial charge on any atom is -0.378 e. The van der Waals surface area contributed by atoms with Crippen LogP contribution in [0.5, 0.6) is 0 Å². The molecule has 6 heterocycles. The molecule has 1 N–H and O–H groups in total. The van der Waals surface area contributed by atoms with Crippen molar-refractivity contribution in [3.05, 3.63) is 79.9 Å². The molecule has 2 aliphatic rings. The van der Waals surface area contributed by atoms with Gasteiger partial charge in [0, 0.05) is 59.5 Å². The Balaban J connectivity index is 1.20. The number of anilines is 1. The third-order valence-electron chi connectivity index (χ3n) is 9.51. The maximum atomic E-state index is 14.0. The van der Waals surface area contributed by atoms with Crippen LogP contribution in [0, 0.1) is 30.1 Å². The lowest BCUT2D eigenvalue weighted by atomic mass is 10.00. The number of amides is 1. The van der Waals surface area contributed by atoms with Crippen LogP contribution in [0.1, 0.15) is 40.2 Å². The summed E-state index contributed by atoms with van der Waals surface area (Å²) in [5.74, 6) is 6.39. The lowest BCUT2D eigenvalue weighted by molar-refractivity contribution is -0.0711. The van der Waals surface area contributed by atoms with Crippen molar-refractivity contribution < 1.29 is 17.9 Å². The van der Waals surface area contributed by atoms with Gasteiger partial charge >= 0.3 is 0 Å². The van der Waals surface area contributed by atoms with Crippen molar-refractivity contribution in [2.24, 2.45) is 0 Å². The Kier molecular flexibility index (Phi) is 9.73. The molecule has 13 nitrogen and oxygen atoms in total. The van der Waals surface area contributed by atoms with Crippen LogP contribution in [0.3, 0.4) is 0 Å². The number of piperidine rings is 1. The monoisotopic (exact) mass is 756 g/mol. The number of nitrogens with zero attached hydrogens (tertiary/aromatic N) is 7. The first-order valence-corrected chi connectivity index (χ1v) is 19.6. The summed E-state index contributed by atoms with van der Waals surface area (Å²) in [6.07, 6.45) is 5.82. The van der Waals surface area contributed by atoms with Crippen LogP contribution in [0.4, 0.5) is 5.82 Å². The average molecular weight is 757 g/mol. The van der Waals surface area contributed by atoms with Crippen LogP contribution in [0.15, 0.2) is 46.8 Å². The molecule has 1 amide bonds. The minimum atomic E-state index is -3.78. The summed E-state index contributed by atoms with van der Waals surface area (Å²) >= 11 is 7.67. The van der Waals surface area contributed by atoms with Gasteiger partial charge in [0.1, 0.15) is 23.3 Å². The highest BCUT2D eigenvalue weighted by Gasteiger charge is 2.32. The lowest BCUT2D eigenvalue weighted by Gasteiger charge is -2.43. The third-order valence-corrected chi connectivity index (χ3v) is 11.3. The number of aryl methyl sites for hydroxylation is 1. The minimum absolute atomic E-state index is 0.00204. The number of benzene rings is 1. The highest BCUT2D eigenvalue weighted by atomic mass is 35.5. The number of nitriles is 1. The number of halogens is 1. The molecular weight excluding hydrogens is 724 g/mol. The number of sulfonamides is 1. The van der Waals surface area contributed by atoms with Gasteiger partial charge in [-0.25, -0.2) is 23.1 Å². The van der Waals surface area contributed by atoms with Crippen molar-refractivity contribution in [3.63, 3.8) is 0 Å². The predicted molar refractivity (Wildman–Crippen MR) is 200 cm³/mol. The van der Waals surface area contributed by atoms with E-state index < -0.39 is 15.9 Å². The summed E-state index contributed by atoms with van der Waals surface area (Å²) in [5.41, 5.74) is 2.61. The van der Waals surface area contributed by atoms with Crippen LogP contribution >= 0.6 is 22.9 Å². The van der Waals surface area contributed by atoms with Gasteiger partial charge in [-0.05, 0) is 44.0 Å². The van der Waals surface area contributed by atoms with Crippen molar-refractivity contribution in [3.8, 4) is 29.0 Å². The first kappa shape index (κ1) is 35.5. The fourth-order valence-electron chi connectivity index (χ4n) is 6.71. The van der Waals surface area contributed by atoms with Gasteiger partial charge in [-0.1, -0.05) is 23.4 Å². The summed E-state index contributed by atoms with van der Waals surface area (Å²) in [6, 6.07) is 9.89.